The van der Waals surface area contributed by atoms with Crippen LogP contribution in [0.3, 0.4) is 0 Å². The Morgan fingerprint density at radius 1 is 1.78 bits per heavy atom. The highest BCUT2D eigenvalue weighted by Crippen LogP contribution is 2.14. The van der Waals surface area contributed by atoms with Crippen LogP contribution >= 0.6 is 0 Å². The molecule has 0 aromatic carbocycles. The van der Waals surface area contributed by atoms with Gasteiger partial charge in [0.2, 0.25) is 0 Å². The van der Waals surface area contributed by atoms with Gasteiger partial charge >= 0.3 is 0 Å². The van der Waals surface area contributed by atoms with Gasteiger partial charge in [-0.2, -0.15) is 0 Å². The highest BCUT2D eigenvalue weighted by molar-refractivity contribution is 5.14. The average molecular weight is 127 g/mol. The number of hydrogen-bond donors (Lipinski definition) is 1. The molecule has 3 nitrogen and oxygen atoms in total. The minimum atomic E-state index is -0.476. The molecule has 50 valence electrons. The molecule has 3 heteroatoms. The Morgan fingerprint density at radius 2 is 2.44 bits per heavy atom. The van der Waals surface area contributed by atoms with E-state index in [1.807, 2.05) is 0 Å². The first kappa shape index (κ1) is 6.29. The highest BCUT2D eigenvalue weighted by atomic mass is 16.5. The minimum Gasteiger partial charge on any atom is -0.389 e. The summed E-state index contributed by atoms with van der Waals surface area (Å²) < 4.78 is 4.60. The van der Waals surface area contributed by atoms with E-state index in [1.54, 1.807) is 13.8 Å². The third kappa shape index (κ3) is 1.10. The normalized spacial score (nSPS) is 13.7. The number of aliphatic hydroxyl groups is 1. The molecule has 9 heavy (non-hydrogen) atoms. The maximum Gasteiger partial charge on any atom is 0.129 e. The van der Waals surface area contributed by atoms with E-state index in [1.165, 1.54) is 6.26 Å². The summed E-state index contributed by atoms with van der Waals surface area (Å²) in [6.07, 6.45) is 0.983. The second-order valence-corrected chi connectivity index (χ2v) is 2.03. The molecule has 1 atom stereocenters. The lowest BCUT2D eigenvalue weighted by molar-refractivity contribution is 0.197. The SMILES string of the molecule is Cc1nocc1[C@H](C)O. The van der Waals surface area contributed by atoms with E-state index in [-0.39, 0.29) is 0 Å². The fraction of sp³-hybridized carbons (Fsp3) is 0.500. The van der Waals surface area contributed by atoms with E-state index < -0.39 is 6.10 Å². The molecule has 0 saturated carbocycles. The Kier molecular flexibility index (Phi) is 1.53. The summed E-state index contributed by atoms with van der Waals surface area (Å²) in [5, 5.41) is 12.6. The van der Waals surface area contributed by atoms with Crippen molar-refractivity contribution in [1.82, 2.24) is 5.16 Å². The van der Waals surface area contributed by atoms with Gasteiger partial charge in [-0.15, -0.1) is 0 Å². The van der Waals surface area contributed by atoms with Gasteiger partial charge in [-0.1, -0.05) is 5.16 Å². The van der Waals surface area contributed by atoms with Gasteiger partial charge in [0.25, 0.3) is 0 Å². The molecule has 1 aromatic heterocycles. The highest BCUT2D eigenvalue weighted by Gasteiger charge is 2.06. The Morgan fingerprint density at radius 3 is 2.67 bits per heavy atom. The van der Waals surface area contributed by atoms with Crippen molar-refractivity contribution < 1.29 is 9.63 Å². The van der Waals surface area contributed by atoms with Crippen molar-refractivity contribution in [3.05, 3.63) is 17.5 Å². The van der Waals surface area contributed by atoms with Gasteiger partial charge in [-0.05, 0) is 13.8 Å². The van der Waals surface area contributed by atoms with Crippen molar-refractivity contribution in [2.75, 3.05) is 0 Å². The van der Waals surface area contributed by atoms with Gasteiger partial charge in [0.05, 0.1) is 11.8 Å². The monoisotopic (exact) mass is 127 g/mol. The fourth-order valence-corrected chi connectivity index (χ4v) is 0.701. The molecule has 0 aliphatic carbocycles. The van der Waals surface area contributed by atoms with Crippen molar-refractivity contribution in [1.29, 1.82) is 0 Å². The predicted octanol–water partition coefficient (Wildman–Crippen LogP) is 1.04. The molecule has 1 aromatic rings. The van der Waals surface area contributed by atoms with Crippen molar-refractivity contribution in [2.45, 2.75) is 20.0 Å². The maximum atomic E-state index is 8.99. The third-order valence-corrected chi connectivity index (χ3v) is 1.24. The summed E-state index contributed by atoms with van der Waals surface area (Å²) in [5.74, 6) is 0. The summed E-state index contributed by atoms with van der Waals surface area (Å²) >= 11 is 0. The van der Waals surface area contributed by atoms with E-state index in [9.17, 15) is 0 Å². The molecule has 0 unspecified atom stereocenters. The van der Waals surface area contributed by atoms with Crippen LogP contribution in [0, 0.1) is 6.92 Å². The molecule has 0 fully saturated rings. The van der Waals surface area contributed by atoms with Crippen molar-refractivity contribution >= 4 is 0 Å². The Bertz CT molecular complexity index is 193. The van der Waals surface area contributed by atoms with E-state index >= 15 is 0 Å². The first-order chi connectivity index (χ1) is 4.22. The van der Waals surface area contributed by atoms with E-state index in [4.69, 9.17) is 5.11 Å². The summed E-state index contributed by atoms with van der Waals surface area (Å²) in [5.41, 5.74) is 1.51. The van der Waals surface area contributed by atoms with Gasteiger partial charge in [0, 0.05) is 5.56 Å². The van der Waals surface area contributed by atoms with Gasteiger partial charge in [0.15, 0.2) is 0 Å². The second kappa shape index (κ2) is 2.19. The molecule has 1 rings (SSSR count). The van der Waals surface area contributed by atoms with Crippen LogP contribution in [0.4, 0.5) is 0 Å². The molecule has 1 N–H and O–H groups in total. The molecule has 0 aliphatic rings. The van der Waals surface area contributed by atoms with Crippen LogP contribution < -0.4 is 0 Å². The van der Waals surface area contributed by atoms with Gasteiger partial charge in [0.1, 0.15) is 6.26 Å². The minimum absolute atomic E-state index is 0.476. The molecule has 0 saturated heterocycles. The number of rotatable bonds is 1. The van der Waals surface area contributed by atoms with Crippen LogP contribution in [-0.4, -0.2) is 10.3 Å². The number of aromatic nitrogens is 1. The van der Waals surface area contributed by atoms with E-state index in [2.05, 4.69) is 9.68 Å². The number of hydrogen-bond acceptors (Lipinski definition) is 3. The summed E-state index contributed by atoms with van der Waals surface area (Å²) in [6.45, 7) is 3.48. The maximum absolute atomic E-state index is 8.99. The quantitative estimate of drug-likeness (QED) is 0.613. The van der Waals surface area contributed by atoms with Crippen LogP contribution in [0.5, 0.6) is 0 Å². The standard InChI is InChI=1S/C6H9NO2/c1-4-6(5(2)8)3-9-7-4/h3,5,8H,1-2H3/t5-/m0/s1. The fourth-order valence-electron chi connectivity index (χ4n) is 0.701. The second-order valence-electron chi connectivity index (χ2n) is 2.03. The Labute approximate surface area is 53.3 Å². The van der Waals surface area contributed by atoms with Gasteiger partial charge in [-0.3, -0.25) is 0 Å². The van der Waals surface area contributed by atoms with Crippen LogP contribution in [0.15, 0.2) is 10.8 Å². The largest absolute Gasteiger partial charge is 0.389 e. The molecule has 0 aliphatic heterocycles. The summed E-state index contributed by atoms with van der Waals surface area (Å²) in [7, 11) is 0. The lowest BCUT2D eigenvalue weighted by Crippen LogP contribution is -1.90. The molecule has 0 spiro atoms. The van der Waals surface area contributed by atoms with Crippen LogP contribution in [0.25, 0.3) is 0 Å². The Hall–Kier alpha value is -0.830. The van der Waals surface area contributed by atoms with Gasteiger partial charge < -0.3 is 9.63 Å². The van der Waals surface area contributed by atoms with Crippen LogP contribution in [0.2, 0.25) is 0 Å². The van der Waals surface area contributed by atoms with Crippen molar-refractivity contribution in [3.63, 3.8) is 0 Å². The molecule has 0 amide bonds. The lowest BCUT2D eigenvalue weighted by atomic mass is 10.2. The third-order valence-electron chi connectivity index (χ3n) is 1.24. The zero-order valence-corrected chi connectivity index (χ0v) is 5.46. The molecular weight excluding hydrogens is 118 g/mol. The number of nitrogens with zero attached hydrogens (tertiary/aromatic N) is 1. The zero-order chi connectivity index (χ0) is 6.85. The van der Waals surface area contributed by atoms with E-state index in [0.717, 1.165) is 11.3 Å². The summed E-state index contributed by atoms with van der Waals surface area (Å²) in [4.78, 5) is 0. The topological polar surface area (TPSA) is 46.3 Å². The number of aliphatic hydroxyl groups excluding tert-OH is 1. The molecule has 0 radical (unpaired) electrons. The predicted molar refractivity (Wildman–Crippen MR) is 31.9 cm³/mol. The lowest BCUT2D eigenvalue weighted by Gasteiger charge is -1.96. The molecule has 1 heterocycles. The average Bonchev–Trinajstić information content (AvgIpc) is 2.13. The smallest absolute Gasteiger partial charge is 0.129 e. The molecular formula is C6H9NO2. The van der Waals surface area contributed by atoms with Crippen molar-refractivity contribution in [3.8, 4) is 0 Å². The first-order valence-electron chi connectivity index (χ1n) is 2.80. The van der Waals surface area contributed by atoms with Crippen molar-refractivity contribution in [2.24, 2.45) is 0 Å². The Balaban J connectivity index is 2.94. The van der Waals surface area contributed by atoms with Gasteiger partial charge in [-0.25, -0.2) is 0 Å². The van der Waals surface area contributed by atoms with E-state index in [0.29, 0.717) is 0 Å². The summed E-state index contributed by atoms with van der Waals surface area (Å²) in [6, 6.07) is 0. The van der Waals surface area contributed by atoms with Crippen LogP contribution in [-0.2, 0) is 0 Å². The number of aryl methyl sites for hydroxylation is 1. The molecule has 0 bridgehead atoms. The first-order valence-corrected chi connectivity index (χ1v) is 2.80. The zero-order valence-electron chi connectivity index (χ0n) is 5.46. The van der Waals surface area contributed by atoms with Crippen LogP contribution in [0.1, 0.15) is 24.3 Å².